The Hall–Kier alpha value is -3.35. The molecular weight excluding hydrogens is 392 g/mol. The van der Waals surface area contributed by atoms with Gasteiger partial charge >= 0.3 is 0 Å². The molecule has 1 saturated heterocycles. The van der Waals surface area contributed by atoms with Gasteiger partial charge in [-0.05, 0) is 55.3 Å². The molecule has 0 bridgehead atoms. The Morgan fingerprint density at radius 2 is 1.68 bits per heavy atom. The van der Waals surface area contributed by atoms with Crippen molar-refractivity contribution in [3.05, 3.63) is 64.2 Å². The van der Waals surface area contributed by atoms with Crippen LogP contribution >= 0.6 is 0 Å². The number of nitrogens with zero attached hydrogens (tertiary/aromatic N) is 4. The van der Waals surface area contributed by atoms with Gasteiger partial charge < -0.3 is 14.9 Å². The molecule has 31 heavy (non-hydrogen) atoms. The highest BCUT2D eigenvalue weighted by molar-refractivity contribution is 5.97. The van der Waals surface area contributed by atoms with E-state index in [0.717, 1.165) is 56.8 Å². The van der Waals surface area contributed by atoms with E-state index < -0.39 is 0 Å². The van der Waals surface area contributed by atoms with E-state index in [1.807, 2.05) is 17.0 Å². The van der Waals surface area contributed by atoms with Crippen molar-refractivity contribution in [3.8, 4) is 5.75 Å². The number of benzene rings is 2. The molecule has 7 nitrogen and oxygen atoms in total. The van der Waals surface area contributed by atoms with Gasteiger partial charge in [0.2, 0.25) is 0 Å². The summed E-state index contributed by atoms with van der Waals surface area (Å²) in [7, 11) is 0. The van der Waals surface area contributed by atoms with E-state index in [0.29, 0.717) is 29.6 Å². The van der Waals surface area contributed by atoms with Crippen LogP contribution in [0, 0.1) is 0 Å². The number of phenols is 1. The van der Waals surface area contributed by atoms with Crippen LogP contribution in [0.1, 0.15) is 35.4 Å². The molecule has 1 fully saturated rings. The molecule has 3 aromatic rings. The Labute approximate surface area is 180 Å². The fraction of sp³-hybridized carbons (Fsp3) is 0.375. The third kappa shape index (κ3) is 3.76. The standard InChI is InChI=1S/C24H26N4O3/c29-19-8-6-18(7-9-19)26-12-14-27(15-13-26)23(30)17-5-10-20-21(16-17)25-22-4-2-1-3-11-28(22)24(20)31/h5-10,16,29H,1-4,11-15H2. The van der Waals surface area contributed by atoms with E-state index in [1.54, 1.807) is 34.9 Å². The lowest BCUT2D eigenvalue weighted by Crippen LogP contribution is -2.48. The zero-order chi connectivity index (χ0) is 21.4. The van der Waals surface area contributed by atoms with Crippen molar-refractivity contribution in [2.45, 2.75) is 32.2 Å². The number of carbonyl (C=O) groups is 1. The summed E-state index contributed by atoms with van der Waals surface area (Å²) in [5, 5.41) is 10.1. The number of hydrogen-bond acceptors (Lipinski definition) is 5. The van der Waals surface area contributed by atoms with Crippen molar-refractivity contribution in [2.75, 3.05) is 31.1 Å². The van der Waals surface area contributed by atoms with Gasteiger partial charge in [0, 0.05) is 50.4 Å². The summed E-state index contributed by atoms with van der Waals surface area (Å²) in [6.07, 6.45) is 3.97. The van der Waals surface area contributed by atoms with Crippen LogP contribution in [0.5, 0.6) is 5.75 Å². The summed E-state index contributed by atoms with van der Waals surface area (Å²) in [6.45, 7) is 3.44. The molecule has 2 aliphatic rings. The first kappa shape index (κ1) is 19.6. The molecule has 0 spiro atoms. The lowest BCUT2D eigenvalue weighted by atomic mass is 10.1. The molecule has 0 saturated carbocycles. The van der Waals surface area contributed by atoms with Gasteiger partial charge in [-0.15, -0.1) is 0 Å². The lowest BCUT2D eigenvalue weighted by Gasteiger charge is -2.36. The summed E-state index contributed by atoms with van der Waals surface area (Å²) in [5.41, 5.74) is 2.24. The van der Waals surface area contributed by atoms with Crippen LogP contribution in [0.4, 0.5) is 5.69 Å². The fourth-order valence-electron chi connectivity index (χ4n) is 4.57. The van der Waals surface area contributed by atoms with Crippen molar-refractivity contribution in [1.29, 1.82) is 0 Å². The third-order valence-corrected chi connectivity index (χ3v) is 6.35. The highest BCUT2D eigenvalue weighted by atomic mass is 16.3. The van der Waals surface area contributed by atoms with Crippen LogP contribution in [-0.4, -0.2) is 51.6 Å². The Bertz CT molecular complexity index is 1180. The molecule has 0 unspecified atom stereocenters. The molecule has 0 aliphatic carbocycles. The third-order valence-electron chi connectivity index (χ3n) is 6.35. The average molecular weight is 418 g/mol. The van der Waals surface area contributed by atoms with Gasteiger partial charge in [0.25, 0.3) is 11.5 Å². The topological polar surface area (TPSA) is 78.7 Å². The van der Waals surface area contributed by atoms with E-state index in [2.05, 4.69) is 4.90 Å². The lowest BCUT2D eigenvalue weighted by molar-refractivity contribution is 0.0747. The monoisotopic (exact) mass is 418 g/mol. The maximum atomic E-state index is 13.1. The molecule has 1 N–H and O–H groups in total. The Morgan fingerprint density at radius 3 is 2.45 bits per heavy atom. The van der Waals surface area contributed by atoms with Crippen LogP contribution in [0.25, 0.3) is 10.9 Å². The minimum absolute atomic E-state index is 0.00316. The number of carbonyl (C=O) groups excluding carboxylic acids is 1. The van der Waals surface area contributed by atoms with Gasteiger partial charge in [-0.3, -0.25) is 14.2 Å². The molecule has 1 amide bonds. The number of amides is 1. The van der Waals surface area contributed by atoms with E-state index in [-0.39, 0.29) is 17.2 Å². The Kier molecular flexibility index (Phi) is 5.10. The highest BCUT2D eigenvalue weighted by Crippen LogP contribution is 2.21. The number of phenolic OH excluding ortho intramolecular Hbond substituents is 1. The van der Waals surface area contributed by atoms with Gasteiger partial charge in [-0.25, -0.2) is 4.98 Å². The highest BCUT2D eigenvalue weighted by Gasteiger charge is 2.23. The maximum Gasteiger partial charge on any atom is 0.261 e. The predicted molar refractivity (Wildman–Crippen MR) is 120 cm³/mol. The van der Waals surface area contributed by atoms with Gasteiger partial charge in [0.05, 0.1) is 10.9 Å². The molecule has 0 radical (unpaired) electrons. The molecule has 160 valence electrons. The maximum absolute atomic E-state index is 13.1. The van der Waals surface area contributed by atoms with Crippen molar-refractivity contribution in [3.63, 3.8) is 0 Å². The summed E-state index contributed by atoms with van der Waals surface area (Å²) < 4.78 is 1.80. The number of hydrogen-bond donors (Lipinski definition) is 1. The molecule has 2 aromatic carbocycles. The van der Waals surface area contributed by atoms with Gasteiger partial charge in [-0.1, -0.05) is 6.42 Å². The first-order chi connectivity index (χ1) is 15.1. The molecule has 0 atom stereocenters. The van der Waals surface area contributed by atoms with Gasteiger partial charge in [0.1, 0.15) is 11.6 Å². The van der Waals surface area contributed by atoms with Crippen molar-refractivity contribution in [1.82, 2.24) is 14.5 Å². The van der Waals surface area contributed by atoms with Gasteiger partial charge in [-0.2, -0.15) is 0 Å². The number of aromatic nitrogens is 2. The number of aromatic hydroxyl groups is 1. The summed E-state index contributed by atoms with van der Waals surface area (Å²) >= 11 is 0. The molecule has 5 rings (SSSR count). The van der Waals surface area contributed by atoms with E-state index >= 15 is 0 Å². The quantitative estimate of drug-likeness (QED) is 0.692. The predicted octanol–water partition coefficient (Wildman–Crippen LogP) is 2.79. The summed E-state index contributed by atoms with van der Waals surface area (Å²) in [6, 6.07) is 12.4. The smallest absolute Gasteiger partial charge is 0.261 e. The summed E-state index contributed by atoms with van der Waals surface area (Å²) in [4.78, 5) is 34.8. The summed E-state index contributed by atoms with van der Waals surface area (Å²) in [5.74, 6) is 1.06. The van der Waals surface area contributed by atoms with Crippen LogP contribution in [0.3, 0.4) is 0 Å². The SMILES string of the molecule is O=C(c1ccc2c(=O)n3c(nc2c1)CCCCC3)N1CCN(c2ccc(O)cc2)CC1. The number of fused-ring (bicyclic) bond motifs is 2. The van der Waals surface area contributed by atoms with E-state index in [1.165, 1.54) is 0 Å². The van der Waals surface area contributed by atoms with Crippen LogP contribution in [0.15, 0.2) is 47.3 Å². The minimum atomic E-state index is -0.0240. The van der Waals surface area contributed by atoms with E-state index in [9.17, 15) is 14.7 Å². The fourth-order valence-corrected chi connectivity index (χ4v) is 4.57. The number of aryl methyl sites for hydroxylation is 1. The number of rotatable bonds is 2. The molecule has 3 heterocycles. The Balaban J connectivity index is 1.35. The van der Waals surface area contributed by atoms with Crippen LogP contribution in [0.2, 0.25) is 0 Å². The van der Waals surface area contributed by atoms with Crippen molar-refractivity contribution in [2.24, 2.45) is 0 Å². The second-order valence-electron chi connectivity index (χ2n) is 8.32. The molecule has 7 heteroatoms. The van der Waals surface area contributed by atoms with Crippen molar-refractivity contribution >= 4 is 22.5 Å². The molecular formula is C24H26N4O3. The molecule has 2 aliphatic heterocycles. The number of piperazine rings is 1. The first-order valence-electron chi connectivity index (χ1n) is 11.0. The zero-order valence-corrected chi connectivity index (χ0v) is 17.5. The van der Waals surface area contributed by atoms with E-state index in [4.69, 9.17) is 4.98 Å². The second kappa shape index (κ2) is 8.06. The Morgan fingerprint density at radius 1 is 0.903 bits per heavy atom. The minimum Gasteiger partial charge on any atom is -0.508 e. The van der Waals surface area contributed by atoms with Gasteiger partial charge in [0.15, 0.2) is 0 Å². The second-order valence-corrected chi connectivity index (χ2v) is 8.32. The van der Waals surface area contributed by atoms with Crippen LogP contribution in [-0.2, 0) is 13.0 Å². The molecule has 1 aromatic heterocycles. The van der Waals surface area contributed by atoms with Crippen LogP contribution < -0.4 is 10.5 Å². The normalized spacial score (nSPS) is 16.8. The zero-order valence-electron chi connectivity index (χ0n) is 17.5. The van der Waals surface area contributed by atoms with Crippen molar-refractivity contribution < 1.29 is 9.90 Å². The first-order valence-corrected chi connectivity index (χ1v) is 11.0. The average Bonchev–Trinajstić information content (AvgIpc) is 3.05. The number of anilines is 1. The largest absolute Gasteiger partial charge is 0.508 e.